The lowest BCUT2D eigenvalue weighted by molar-refractivity contribution is -0.117. The summed E-state index contributed by atoms with van der Waals surface area (Å²) in [7, 11) is 0. The van der Waals surface area contributed by atoms with Crippen molar-refractivity contribution < 1.29 is 9.59 Å². The van der Waals surface area contributed by atoms with E-state index in [1.807, 2.05) is 12.1 Å². The summed E-state index contributed by atoms with van der Waals surface area (Å²) in [5, 5.41) is 6.03. The molecule has 5 heteroatoms. The SMILES string of the molecule is O=C(NC1CCN(C2CC2)C1)c1cccc(NC(=O)C2CC2)c1. The van der Waals surface area contributed by atoms with Gasteiger partial charge in [-0.1, -0.05) is 6.07 Å². The van der Waals surface area contributed by atoms with Crippen LogP contribution in [-0.4, -0.2) is 41.9 Å². The molecular weight excluding hydrogens is 290 g/mol. The van der Waals surface area contributed by atoms with E-state index in [2.05, 4.69) is 15.5 Å². The molecule has 1 saturated heterocycles. The number of nitrogens with one attached hydrogen (secondary N) is 2. The van der Waals surface area contributed by atoms with E-state index in [-0.39, 0.29) is 23.8 Å². The summed E-state index contributed by atoms with van der Waals surface area (Å²) in [6.45, 7) is 2.06. The minimum absolute atomic E-state index is 0.0461. The van der Waals surface area contributed by atoms with Gasteiger partial charge in [0.15, 0.2) is 0 Å². The van der Waals surface area contributed by atoms with E-state index in [1.165, 1.54) is 12.8 Å². The lowest BCUT2D eigenvalue weighted by Crippen LogP contribution is -2.37. The van der Waals surface area contributed by atoms with Crippen LogP contribution in [-0.2, 0) is 4.79 Å². The first kappa shape index (κ1) is 14.7. The number of likely N-dealkylation sites (tertiary alicyclic amines) is 1. The average molecular weight is 313 g/mol. The van der Waals surface area contributed by atoms with E-state index >= 15 is 0 Å². The summed E-state index contributed by atoms with van der Waals surface area (Å²) in [4.78, 5) is 26.7. The highest BCUT2D eigenvalue weighted by atomic mass is 16.2. The van der Waals surface area contributed by atoms with Crippen molar-refractivity contribution in [1.82, 2.24) is 10.2 Å². The highest BCUT2D eigenvalue weighted by Gasteiger charge is 2.35. The summed E-state index contributed by atoms with van der Waals surface area (Å²) >= 11 is 0. The Bertz CT molecular complexity index is 622. The largest absolute Gasteiger partial charge is 0.348 e. The molecule has 0 bridgehead atoms. The lowest BCUT2D eigenvalue weighted by atomic mass is 10.1. The number of nitrogens with zero attached hydrogens (tertiary/aromatic N) is 1. The van der Waals surface area contributed by atoms with E-state index in [9.17, 15) is 9.59 Å². The van der Waals surface area contributed by atoms with Crippen LogP contribution in [0.4, 0.5) is 5.69 Å². The molecule has 1 heterocycles. The summed E-state index contributed by atoms with van der Waals surface area (Å²) in [5.41, 5.74) is 1.32. The minimum atomic E-state index is -0.0461. The van der Waals surface area contributed by atoms with E-state index < -0.39 is 0 Å². The Morgan fingerprint density at radius 3 is 2.65 bits per heavy atom. The van der Waals surface area contributed by atoms with E-state index in [1.54, 1.807) is 12.1 Å². The van der Waals surface area contributed by atoms with Crippen molar-refractivity contribution in [3.8, 4) is 0 Å². The highest BCUT2D eigenvalue weighted by Crippen LogP contribution is 2.31. The zero-order valence-corrected chi connectivity index (χ0v) is 13.3. The third kappa shape index (κ3) is 3.55. The number of rotatable bonds is 5. The van der Waals surface area contributed by atoms with Crippen molar-refractivity contribution in [3.63, 3.8) is 0 Å². The van der Waals surface area contributed by atoms with Gasteiger partial charge in [-0.25, -0.2) is 0 Å². The molecule has 1 unspecified atom stereocenters. The zero-order valence-electron chi connectivity index (χ0n) is 13.3. The average Bonchev–Trinajstić information content (AvgIpc) is 3.46. The lowest BCUT2D eigenvalue weighted by Gasteiger charge is -2.16. The number of carbonyl (C=O) groups is 2. The Balaban J connectivity index is 1.35. The van der Waals surface area contributed by atoms with Crippen LogP contribution in [0, 0.1) is 5.92 Å². The number of hydrogen-bond acceptors (Lipinski definition) is 3. The second-order valence-electron chi connectivity index (χ2n) is 7.03. The normalized spacial score (nSPS) is 24.4. The van der Waals surface area contributed by atoms with Crippen molar-refractivity contribution >= 4 is 17.5 Å². The molecule has 122 valence electrons. The third-order valence-corrected chi connectivity index (χ3v) is 4.96. The Hall–Kier alpha value is -1.88. The first-order valence-electron chi connectivity index (χ1n) is 8.65. The molecule has 1 aliphatic heterocycles. The van der Waals surface area contributed by atoms with Crippen molar-refractivity contribution in [2.75, 3.05) is 18.4 Å². The van der Waals surface area contributed by atoms with Gasteiger partial charge < -0.3 is 10.6 Å². The van der Waals surface area contributed by atoms with Gasteiger partial charge >= 0.3 is 0 Å². The Morgan fingerprint density at radius 1 is 1.09 bits per heavy atom. The van der Waals surface area contributed by atoms with Gasteiger partial charge in [-0.2, -0.15) is 0 Å². The molecular formula is C18H23N3O2. The third-order valence-electron chi connectivity index (χ3n) is 4.96. The number of benzene rings is 1. The van der Waals surface area contributed by atoms with Crippen molar-refractivity contribution in [2.45, 2.75) is 44.2 Å². The molecule has 0 aromatic heterocycles. The van der Waals surface area contributed by atoms with Gasteiger partial charge in [0.1, 0.15) is 0 Å². The van der Waals surface area contributed by atoms with Crippen LogP contribution < -0.4 is 10.6 Å². The number of amides is 2. The van der Waals surface area contributed by atoms with Gasteiger partial charge in [-0.3, -0.25) is 14.5 Å². The summed E-state index contributed by atoms with van der Waals surface area (Å²) in [6.07, 6.45) is 5.60. The monoisotopic (exact) mass is 313 g/mol. The molecule has 23 heavy (non-hydrogen) atoms. The van der Waals surface area contributed by atoms with E-state index in [0.29, 0.717) is 11.3 Å². The van der Waals surface area contributed by atoms with Crippen molar-refractivity contribution in [2.24, 2.45) is 5.92 Å². The van der Waals surface area contributed by atoms with Gasteiger partial charge in [0.2, 0.25) is 5.91 Å². The predicted octanol–water partition coefficient (Wildman–Crippen LogP) is 2.00. The van der Waals surface area contributed by atoms with Gasteiger partial charge in [-0.05, 0) is 50.3 Å². The standard InChI is InChI=1S/C18H23N3O2/c22-17(12-4-5-12)19-14-3-1-2-13(10-14)18(23)20-15-8-9-21(11-15)16-6-7-16/h1-3,10,12,15-16H,4-9,11H2,(H,19,22)(H,20,23). The number of hydrogen-bond donors (Lipinski definition) is 2. The van der Waals surface area contributed by atoms with Crippen LogP contribution >= 0.6 is 0 Å². The van der Waals surface area contributed by atoms with Gasteiger partial charge in [0.25, 0.3) is 5.91 Å². The zero-order chi connectivity index (χ0) is 15.8. The summed E-state index contributed by atoms with van der Waals surface area (Å²) < 4.78 is 0. The molecule has 2 saturated carbocycles. The quantitative estimate of drug-likeness (QED) is 0.874. The van der Waals surface area contributed by atoms with Crippen LogP contribution in [0.5, 0.6) is 0 Å². The highest BCUT2D eigenvalue weighted by molar-refractivity contribution is 5.98. The topological polar surface area (TPSA) is 61.4 Å². The minimum Gasteiger partial charge on any atom is -0.348 e. The maximum Gasteiger partial charge on any atom is 0.251 e. The van der Waals surface area contributed by atoms with Gasteiger partial charge in [0, 0.05) is 42.3 Å². The molecule has 2 aliphatic carbocycles. The van der Waals surface area contributed by atoms with Crippen molar-refractivity contribution in [3.05, 3.63) is 29.8 Å². The summed E-state index contributed by atoms with van der Waals surface area (Å²) in [5.74, 6) is 0.188. The second-order valence-corrected chi connectivity index (χ2v) is 7.03. The molecule has 2 amide bonds. The Morgan fingerprint density at radius 2 is 1.91 bits per heavy atom. The van der Waals surface area contributed by atoms with E-state index in [0.717, 1.165) is 38.4 Å². The fraction of sp³-hybridized carbons (Fsp3) is 0.556. The van der Waals surface area contributed by atoms with Gasteiger partial charge in [-0.15, -0.1) is 0 Å². The molecule has 1 aromatic carbocycles. The summed E-state index contributed by atoms with van der Waals surface area (Å²) in [6, 6.07) is 8.23. The molecule has 1 atom stereocenters. The number of anilines is 1. The molecule has 3 fully saturated rings. The van der Waals surface area contributed by atoms with E-state index in [4.69, 9.17) is 0 Å². The fourth-order valence-electron chi connectivity index (χ4n) is 3.27. The molecule has 0 spiro atoms. The van der Waals surface area contributed by atoms with Crippen LogP contribution in [0.15, 0.2) is 24.3 Å². The molecule has 4 rings (SSSR count). The molecule has 2 N–H and O–H groups in total. The van der Waals surface area contributed by atoms with Crippen LogP contribution in [0.25, 0.3) is 0 Å². The van der Waals surface area contributed by atoms with Crippen LogP contribution in [0.1, 0.15) is 42.5 Å². The molecule has 0 radical (unpaired) electrons. The maximum atomic E-state index is 12.4. The first-order valence-corrected chi connectivity index (χ1v) is 8.65. The predicted molar refractivity (Wildman–Crippen MR) is 88.3 cm³/mol. The smallest absolute Gasteiger partial charge is 0.251 e. The first-order chi connectivity index (χ1) is 11.2. The molecule has 3 aliphatic rings. The van der Waals surface area contributed by atoms with Crippen LogP contribution in [0.2, 0.25) is 0 Å². The maximum absolute atomic E-state index is 12.4. The Kier molecular flexibility index (Phi) is 3.81. The fourth-order valence-corrected chi connectivity index (χ4v) is 3.27. The second kappa shape index (κ2) is 5.96. The van der Waals surface area contributed by atoms with Crippen LogP contribution in [0.3, 0.4) is 0 Å². The van der Waals surface area contributed by atoms with Crippen molar-refractivity contribution in [1.29, 1.82) is 0 Å². The number of carbonyl (C=O) groups excluding carboxylic acids is 2. The molecule has 1 aromatic rings. The van der Waals surface area contributed by atoms with Gasteiger partial charge in [0.05, 0.1) is 0 Å². The Labute approximate surface area is 136 Å². The molecule has 5 nitrogen and oxygen atoms in total.